The molecule has 22 heavy (non-hydrogen) atoms. The van der Waals surface area contributed by atoms with Gasteiger partial charge in [0.1, 0.15) is 5.82 Å². The van der Waals surface area contributed by atoms with E-state index in [0.717, 1.165) is 24.0 Å². The van der Waals surface area contributed by atoms with Crippen LogP contribution in [0.2, 0.25) is 0 Å². The molecule has 0 radical (unpaired) electrons. The molecule has 5 heteroatoms. The van der Waals surface area contributed by atoms with Gasteiger partial charge in [-0.2, -0.15) is 0 Å². The first-order chi connectivity index (χ1) is 10.7. The number of halogens is 1. The number of hydrogen-bond acceptors (Lipinski definition) is 3. The Balaban J connectivity index is 1.71. The molecule has 0 bridgehead atoms. The van der Waals surface area contributed by atoms with Crippen LogP contribution < -0.4 is 10.1 Å². The maximum atomic E-state index is 13.0. The summed E-state index contributed by atoms with van der Waals surface area (Å²) in [6, 6.07) is 9.83. The van der Waals surface area contributed by atoms with E-state index in [-0.39, 0.29) is 11.7 Å². The van der Waals surface area contributed by atoms with Crippen LogP contribution in [0.15, 0.2) is 42.6 Å². The summed E-state index contributed by atoms with van der Waals surface area (Å²) in [7, 11) is 1.55. The van der Waals surface area contributed by atoms with Gasteiger partial charge in [0.25, 0.3) is 0 Å². The molecule has 0 unspecified atom stereocenters. The summed E-state index contributed by atoms with van der Waals surface area (Å²) in [5.74, 6) is 0.180. The molecular formula is C17H17FN2O2. The quantitative estimate of drug-likeness (QED) is 0.923. The van der Waals surface area contributed by atoms with E-state index in [1.807, 2.05) is 6.07 Å². The zero-order valence-corrected chi connectivity index (χ0v) is 12.3. The highest BCUT2D eigenvalue weighted by molar-refractivity contribution is 5.91. The molecule has 0 aliphatic heterocycles. The maximum Gasteiger partial charge on any atom is 0.230 e. The lowest BCUT2D eigenvalue weighted by atomic mass is 9.95. The number of carbonyl (C=O) groups excluding carboxylic acids is 1. The highest BCUT2D eigenvalue weighted by atomic mass is 19.1. The van der Waals surface area contributed by atoms with E-state index in [2.05, 4.69) is 10.3 Å². The topological polar surface area (TPSA) is 51.2 Å². The van der Waals surface area contributed by atoms with Gasteiger partial charge in [0.15, 0.2) is 0 Å². The summed E-state index contributed by atoms with van der Waals surface area (Å²) in [5, 5.41) is 2.94. The second-order valence-corrected chi connectivity index (χ2v) is 5.44. The summed E-state index contributed by atoms with van der Waals surface area (Å²) in [6.07, 6.45) is 3.22. The maximum absolute atomic E-state index is 13.0. The molecule has 1 saturated carbocycles. The lowest BCUT2D eigenvalue weighted by Gasteiger charge is -2.16. The van der Waals surface area contributed by atoms with Crippen LogP contribution in [-0.4, -0.2) is 18.0 Å². The number of benzene rings is 1. The Kier molecular flexibility index (Phi) is 3.79. The van der Waals surface area contributed by atoms with Crippen molar-refractivity contribution in [3.63, 3.8) is 0 Å². The summed E-state index contributed by atoms with van der Waals surface area (Å²) < 4.78 is 18.2. The monoisotopic (exact) mass is 300 g/mol. The second-order valence-electron chi connectivity index (χ2n) is 5.44. The molecule has 1 amide bonds. The molecule has 1 aliphatic carbocycles. The summed E-state index contributed by atoms with van der Waals surface area (Å²) >= 11 is 0. The average molecular weight is 300 g/mol. The van der Waals surface area contributed by atoms with Crippen LogP contribution in [0.4, 0.5) is 4.39 Å². The van der Waals surface area contributed by atoms with Crippen LogP contribution in [0, 0.1) is 5.82 Å². The van der Waals surface area contributed by atoms with Crippen LogP contribution >= 0.6 is 0 Å². The second kappa shape index (κ2) is 5.75. The first-order valence-electron chi connectivity index (χ1n) is 7.18. The number of hydrogen-bond donors (Lipinski definition) is 1. The molecule has 1 aliphatic rings. The lowest BCUT2D eigenvalue weighted by Crippen LogP contribution is -2.34. The van der Waals surface area contributed by atoms with Crippen molar-refractivity contribution in [3.8, 4) is 5.88 Å². The molecule has 0 spiro atoms. The Bertz CT molecular complexity index is 681. The van der Waals surface area contributed by atoms with Crippen LogP contribution in [-0.2, 0) is 16.8 Å². The first-order valence-corrected chi connectivity index (χ1v) is 7.18. The van der Waals surface area contributed by atoms with Gasteiger partial charge in [-0.25, -0.2) is 9.37 Å². The number of rotatable bonds is 5. The van der Waals surface area contributed by atoms with Gasteiger partial charge in [-0.15, -0.1) is 0 Å². The minimum atomic E-state index is -0.511. The largest absolute Gasteiger partial charge is 0.481 e. The zero-order chi connectivity index (χ0) is 15.6. The van der Waals surface area contributed by atoms with Crippen molar-refractivity contribution < 1.29 is 13.9 Å². The van der Waals surface area contributed by atoms with E-state index in [1.165, 1.54) is 12.1 Å². The van der Waals surface area contributed by atoms with Crippen LogP contribution in [0.1, 0.15) is 24.0 Å². The van der Waals surface area contributed by atoms with Crippen molar-refractivity contribution in [3.05, 3.63) is 59.5 Å². The van der Waals surface area contributed by atoms with Gasteiger partial charge in [0.05, 0.1) is 12.5 Å². The lowest BCUT2D eigenvalue weighted by molar-refractivity contribution is -0.123. The van der Waals surface area contributed by atoms with E-state index in [0.29, 0.717) is 12.4 Å². The molecule has 0 saturated heterocycles. The van der Waals surface area contributed by atoms with Gasteiger partial charge in [-0.05, 0) is 36.6 Å². The van der Waals surface area contributed by atoms with Crippen LogP contribution in [0.25, 0.3) is 0 Å². The fourth-order valence-electron chi connectivity index (χ4n) is 2.63. The normalized spacial score (nSPS) is 15.2. The highest BCUT2D eigenvalue weighted by Gasteiger charge is 2.51. The predicted octanol–water partition coefficient (Wildman–Crippen LogP) is 2.58. The smallest absolute Gasteiger partial charge is 0.230 e. The van der Waals surface area contributed by atoms with Crippen LogP contribution in [0.5, 0.6) is 5.88 Å². The molecule has 3 rings (SSSR count). The van der Waals surface area contributed by atoms with Gasteiger partial charge in [-0.3, -0.25) is 4.79 Å². The standard InChI is InChI=1S/C17H17FN2O2/c1-22-15-12(3-2-10-19-15)11-20-16(21)17(8-9-17)13-4-6-14(18)7-5-13/h2-7,10H,8-9,11H2,1H3,(H,20,21). The molecule has 114 valence electrons. The Labute approximate surface area is 128 Å². The summed E-state index contributed by atoms with van der Waals surface area (Å²) in [6.45, 7) is 0.360. The highest BCUT2D eigenvalue weighted by Crippen LogP contribution is 2.48. The van der Waals surface area contributed by atoms with Gasteiger partial charge in [0.2, 0.25) is 11.8 Å². The van der Waals surface area contributed by atoms with Crippen molar-refractivity contribution >= 4 is 5.91 Å². The number of nitrogens with one attached hydrogen (secondary N) is 1. The molecular weight excluding hydrogens is 283 g/mol. The predicted molar refractivity (Wildman–Crippen MR) is 79.9 cm³/mol. The number of carbonyl (C=O) groups is 1. The Hall–Kier alpha value is -2.43. The van der Waals surface area contributed by atoms with Crippen molar-refractivity contribution in [2.24, 2.45) is 0 Å². The third kappa shape index (κ3) is 2.66. The number of ether oxygens (including phenoxy) is 1. The molecule has 2 aromatic rings. The summed E-state index contributed by atoms with van der Waals surface area (Å²) in [5.41, 5.74) is 1.18. The van der Waals surface area contributed by atoms with Gasteiger partial charge in [0, 0.05) is 18.3 Å². The number of nitrogens with zero attached hydrogens (tertiary/aromatic N) is 1. The fraction of sp³-hybridized carbons (Fsp3) is 0.294. The number of amides is 1. The summed E-state index contributed by atoms with van der Waals surface area (Å²) in [4.78, 5) is 16.6. The van der Waals surface area contributed by atoms with Crippen molar-refractivity contribution in [2.45, 2.75) is 24.8 Å². The molecule has 1 heterocycles. The van der Waals surface area contributed by atoms with E-state index >= 15 is 0 Å². The van der Waals surface area contributed by atoms with E-state index in [1.54, 1.807) is 31.5 Å². The number of aromatic nitrogens is 1. The number of pyridine rings is 1. The molecule has 4 nitrogen and oxygen atoms in total. The Morgan fingerprint density at radius 1 is 1.32 bits per heavy atom. The molecule has 1 aromatic heterocycles. The van der Waals surface area contributed by atoms with Crippen molar-refractivity contribution in [1.82, 2.24) is 10.3 Å². The molecule has 0 atom stereocenters. The molecule has 1 aromatic carbocycles. The van der Waals surface area contributed by atoms with Crippen molar-refractivity contribution in [1.29, 1.82) is 0 Å². The minimum absolute atomic E-state index is 0.0370. The minimum Gasteiger partial charge on any atom is -0.481 e. The molecule has 1 fully saturated rings. The van der Waals surface area contributed by atoms with E-state index in [4.69, 9.17) is 4.74 Å². The Morgan fingerprint density at radius 3 is 2.68 bits per heavy atom. The van der Waals surface area contributed by atoms with Gasteiger partial charge in [-0.1, -0.05) is 18.2 Å². The van der Waals surface area contributed by atoms with Crippen LogP contribution in [0.3, 0.4) is 0 Å². The number of methoxy groups -OCH3 is 1. The fourth-order valence-corrected chi connectivity index (χ4v) is 2.63. The van der Waals surface area contributed by atoms with E-state index < -0.39 is 5.41 Å². The zero-order valence-electron chi connectivity index (χ0n) is 12.3. The van der Waals surface area contributed by atoms with Gasteiger partial charge >= 0.3 is 0 Å². The third-order valence-corrected chi connectivity index (χ3v) is 4.06. The third-order valence-electron chi connectivity index (χ3n) is 4.06. The molecule has 1 N–H and O–H groups in total. The van der Waals surface area contributed by atoms with Gasteiger partial charge < -0.3 is 10.1 Å². The average Bonchev–Trinajstić information content (AvgIpc) is 3.35. The Morgan fingerprint density at radius 2 is 2.05 bits per heavy atom. The van der Waals surface area contributed by atoms with E-state index in [9.17, 15) is 9.18 Å². The SMILES string of the molecule is COc1ncccc1CNC(=O)C1(c2ccc(F)cc2)CC1. The van der Waals surface area contributed by atoms with Crippen molar-refractivity contribution in [2.75, 3.05) is 7.11 Å². The first kappa shape index (κ1) is 14.5.